The lowest BCUT2D eigenvalue weighted by Crippen LogP contribution is -2.35. The summed E-state index contributed by atoms with van der Waals surface area (Å²) < 4.78 is 32.1. The first-order chi connectivity index (χ1) is 13.1. The van der Waals surface area contributed by atoms with Crippen LogP contribution in [-0.4, -0.2) is 48.7 Å². The van der Waals surface area contributed by atoms with Gasteiger partial charge in [-0.15, -0.1) is 10.2 Å². The largest absolute Gasteiger partial charge is 0.478 e. The number of hydrogen-bond acceptors (Lipinski definition) is 8. The van der Waals surface area contributed by atoms with E-state index in [4.69, 9.17) is 16.3 Å². The number of nitrogens with one attached hydrogen (secondary N) is 1. The number of ether oxygens (including phenoxy) is 1. The number of halogens is 1. The summed E-state index contributed by atoms with van der Waals surface area (Å²) in [7, 11) is -3.56. The Kier molecular flexibility index (Phi) is 6.37. The fourth-order valence-electron chi connectivity index (χ4n) is 2.58. The molecular weight excluding hydrogens is 444 g/mol. The molecule has 0 bridgehead atoms. The molecule has 1 aliphatic heterocycles. The number of anilines is 2. The van der Waals surface area contributed by atoms with Gasteiger partial charge in [0.05, 0.1) is 11.9 Å². The number of sulfonamides is 1. The van der Waals surface area contributed by atoms with Crippen molar-refractivity contribution >= 4 is 61.4 Å². The smallest absolute Gasteiger partial charge is 0.267 e. The number of hydrogen-bond donors (Lipinski definition) is 1. The molecule has 1 aromatic carbocycles. The molecule has 0 aliphatic carbocycles. The van der Waals surface area contributed by atoms with Gasteiger partial charge in [-0.3, -0.25) is 14.4 Å². The van der Waals surface area contributed by atoms with Gasteiger partial charge in [-0.1, -0.05) is 48.5 Å². The van der Waals surface area contributed by atoms with Crippen molar-refractivity contribution in [2.24, 2.45) is 0 Å². The van der Waals surface area contributed by atoms with Crippen LogP contribution in [-0.2, 0) is 14.8 Å². The van der Waals surface area contributed by atoms with E-state index in [1.165, 1.54) is 21.7 Å². The van der Waals surface area contributed by atoms with Crippen molar-refractivity contribution in [3.05, 3.63) is 23.2 Å². The van der Waals surface area contributed by atoms with Crippen molar-refractivity contribution in [2.45, 2.75) is 36.0 Å². The van der Waals surface area contributed by atoms with Gasteiger partial charge in [0, 0.05) is 23.2 Å². The number of carbonyl (C=O) groups excluding carboxylic acids is 1. The van der Waals surface area contributed by atoms with Crippen molar-refractivity contribution in [3.8, 4) is 5.75 Å². The predicted octanol–water partition coefficient (Wildman–Crippen LogP) is 3.25. The average molecular weight is 463 g/mol. The van der Waals surface area contributed by atoms with E-state index in [1.54, 1.807) is 23.9 Å². The molecule has 0 unspecified atom stereocenters. The van der Waals surface area contributed by atoms with Crippen LogP contribution in [0.4, 0.5) is 10.8 Å². The quantitative estimate of drug-likeness (QED) is 0.537. The molecule has 8 nitrogen and oxygen atoms in total. The van der Waals surface area contributed by atoms with Crippen LogP contribution in [0.25, 0.3) is 0 Å². The number of nitrogens with zero attached hydrogens (tertiary/aromatic N) is 3. The molecule has 0 saturated carbocycles. The molecule has 1 amide bonds. The van der Waals surface area contributed by atoms with Gasteiger partial charge in [0.2, 0.25) is 15.2 Å². The summed E-state index contributed by atoms with van der Waals surface area (Å²) in [4.78, 5) is 12.7. The number of fused-ring (bicyclic) bond motifs is 1. The summed E-state index contributed by atoms with van der Waals surface area (Å²) in [5.74, 6) is -0.130. The number of amides is 1. The fourth-order valence-corrected chi connectivity index (χ4v) is 5.66. The van der Waals surface area contributed by atoms with Crippen LogP contribution >= 0.6 is 34.7 Å². The Morgan fingerprint density at radius 3 is 2.86 bits per heavy atom. The molecule has 0 radical (unpaired) electrons. The van der Waals surface area contributed by atoms with Gasteiger partial charge >= 0.3 is 0 Å². The standard InChI is InChI=1S/C16H19ClN4O4S3/c1-9(2)26-16-20-19-15(27-16)18-14(22)13-6-7-21(28(3,23)24)11-8-10(17)4-5-12(11)25-13/h4-5,8-9,13H,6-7H2,1-3H3,(H,18,19,22)/t13-/m1/s1. The highest BCUT2D eigenvalue weighted by atomic mass is 35.5. The Balaban J connectivity index is 1.79. The Labute approximate surface area is 176 Å². The Bertz CT molecular complexity index is 980. The summed E-state index contributed by atoms with van der Waals surface area (Å²) in [5.41, 5.74) is 0.317. The summed E-state index contributed by atoms with van der Waals surface area (Å²) in [6.07, 6.45) is 0.405. The highest BCUT2D eigenvalue weighted by Gasteiger charge is 2.31. The van der Waals surface area contributed by atoms with E-state index in [-0.39, 0.29) is 18.7 Å². The van der Waals surface area contributed by atoms with Crippen LogP contribution < -0.4 is 14.4 Å². The van der Waals surface area contributed by atoms with Crippen LogP contribution in [0.3, 0.4) is 0 Å². The van der Waals surface area contributed by atoms with E-state index in [9.17, 15) is 13.2 Å². The van der Waals surface area contributed by atoms with Crippen molar-refractivity contribution in [1.29, 1.82) is 0 Å². The highest BCUT2D eigenvalue weighted by Crippen LogP contribution is 2.36. The average Bonchev–Trinajstić information content (AvgIpc) is 2.90. The van der Waals surface area contributed by atoms with Crippen LogP contribution in [0.1, 0.15) is 20.3 Å². The number of carbonyl (C=O) groups is 1. The lowest BCUT2D eigenvalue weighted by molar-refractivity contribution is -0.122. The lowest BCUT2D eigenvalue weighted by atomic mass is 10.2. The maximum Gasteiger partial charge on any atom is 0.267 e. The van der Waals surface area contributed by atoms with Crippen molar-refractivity contribution in [1.82, 2.24) is 10.2 Å². The molecule has 12 heteroatoms. The van der Waals surface area contributed by atoms with Crippen LogP contribution in [0.2, 0.25) is 5.02 Å². The van der Waals surface area contributed by atoms with Crippen molar-refractivity contribution in [3.63, 3.8) is 0 Å². The van der Waals surface area contributed by atoms with Crippen LogP contribution in [0, 0.1) is 0 Å². The Hall–Kier alpha value is -1.56. The molecule has 0 saturated heterocycles. The van der Waals surface area contributed by atoms with E-state index in [0.717, 1.165) is 10.6 Å². The molecule has 2 heterocycles. The second-order valence-electron chi connectivity index (χ2n) is 6.37. The molecule has 1 aromatic heterocycles. The van der Waals surface area contributed by atoms with E-state index in [0.29, 0.717) is 21.1 Å². The molecule has 0 spiro atoms. The van der Waals surface area contributed by atoms with E-state index < -0.39 is 22.0 Å². The van der Waals surface area contributed by atoms with Gasteiger partial charge in [0.1, 0.15) is 5.75 Å². The van der Waals surface area contributed by atoms with Gasteiger partial charge in [-0.2, -0.15) is 0 Å². The predicted molar refractivity (Wildman–Crippen MR) is 112 cm³/mol. The van der Waals surface area contributed by atoms with Gasteiger partial charge < -0.3 is 4.74 Å². The van der Waals surface area contributed by atoms with E-state index in [1.807, 2.05) is 13.8 Å². The van der Waals surface area contributed by atoms with Crippen LogP contribution in [0.5, 0.6) is 5.75 Å². The van der Waals surface area contributed by atoms with Gasteiger partial charge in [-0.05, 0) is 18.2 Å². The van der Waals surface area contributed by atoms with E-state index in [2.05, 4.69) is 15.5 Å². The minimum absolute atomic E-state index is 0.0921. The molecule has 28 heavy (non-hydrogen) atoms. The normalized spacial score (nSPS) is 17.0. The molecule has 1 aliphatic rings. The number of benzene rings is 1. The zero-order chi connectivity index (χ0) is 20.5. The van der Waals surface area contributed by atoms with Gasteiger partial charge in [0.25, 0.3) is 5.91 Å². The molecule has 0 fully saturated rings. The molecule has 1 atom stereocenters. The first-order valence-corrected chi connectivity index (χ1v) is 12.3. The highest BCUT2D eigenvalue weighted by molar-refractivity contribution is 8.01. The third kappa shape index (κ3) is 5.07. The SMILES string of the molecule is CC(C)Sc1nnc(NC(=O)[C@H]2CCN(S(C)(=O)=O)c3cc(Cl)ccc3O2)s1. The zero-order valence-corrected chi connectivity index (χ0v) is 18.6. The second-order valence-corrected chi connectivity index (χ2v) is 11.5. The zero-order valence-electron chi connectivity index (χ0n) is 15.4. The van der Waals surface area contributed by atoms with Crippen molar-refractivity contribution in [2.75, 3.05) is 22.4 Å². The summed E-state index contributed by atoms with van der Waals surface area (Å²) >= 11 is 8.86. The molecule has 152 valence electrons. The van der Waals surface area contributed by atoms with Crippen LogP contribution in [0.15, 0.2) is 22.5 Å². The summed E-state index contributed by atoms with van der Waals surface area (Å²) in [5, 5.41) is 11.8. The summed E-state index contributed by atoms with van der Waals surface area (Å²) in [6.45, 7) is 4.18. The van der Waals surface area contributed by atoms with E-state index >= 15 is 0 Å². The lowest BCUT2D eigenvalue weighted by Gasteiger charge is -2.21. The number of rotatable bonds is 5. The monoisotopic (exact) mass is 462 g/mol. The third-order valence-electron chi connectivity index (χ3n) is 3.72. The van der Waals surface area contributed by atoms with Gasteiger partial charge in [-0.25, -0.2) is 8.42 Å². The minimum atomic E-state index is -3.56. The fraction of sp³-hybridized carbons (Fsp3) is 0.438. The molecule has 2 aromatic rings. The number of aromatic nitrogens is 2. The Morgan fingerprint density at radius 2 is 2.18 bits per heavy atom. The maximum atomic E-state index is 12.7. The third-order valence-corrected chi connectivity index (χ3v) is 7.06. The first kappa shape index (κ1) is 21.2. The molecule has 3 rings (SSSR count). The molecular formula is C16H19ClN4O4S3. The molecule has 1 N–H and O–H groups in total. The second kappa shape index (κ2) is 8.44. The van der Waals surface area contributed by atoms with Crippen molar-refractivity contribution < 1.29 is 17.9 Å². The maximum absolute atomic E-state index is 12.7. The topological polar surface area (TPSA) is 101 Å². The number of thioether (sulfide) groups is 1. The van der Waals surface area contributed by atoms with Gasteiger partial charge in [0.15, 0.2) is 10.4 Å². The Morgan fingerprint density at radius 1 is 1.43 bits per heavy atom. The minimum Gasteiger partial charge on any atom is -0.478 e. The summed E-state index contributed by atoms with van der Waals surface area (Å²) in [6, 6.07) is 4.66. The first-order valence-electron chi connectivity index (χ1n) is 8.38.